The molecule has 0 saturated heterocycles. The molecule has 140 valence electrons. The number of unbranched alkanes of at least 4 members (excludes halogenated alkanes) is 1. The molecule has 6 nitrogen and oxygen atoms in total. The molecule has 1 N–H and O–H groups in total. The number of benzene rings is 2. The van der Waals surface area contributed by atoms with Crippen LogP contribution >= 0.6 is 0 Å². The van der Waals surface area contributed by atoms with Gasteiger partial charge in [0.15, 0.2) is 0 Å². The van der Waals surface area contributed by atoms with Crippen molar-refractivity contribution < 1.29 is 18.7 Å². The monoisotopic (exact) mass is 367 g/mol. The van der Waals surface area contributed by atoms with Crippen molar-refractivity contribution in [3.8, 4) is 11.5 Å². The van der Waals surface area contributed by atoms with Crippen LogP contribution < -0.4 is 20.4 Å². The lowest BCUT2D eigenvalue weighted by atomic mass is 10.2. The Labute approximate surface area is 156 Å². The Morgan fingerprint density at radius 3 is 2.52 bits per heavy atom. The lowest BCUT2D eigenvalue weighted by Crippen LogP contribution is -2.17. The zero-order valence-corrected chi connectivity index (χ0v) is 15.3. The van der Waals surface area contributed by atoms with Crippen molar-refractivity contribution in [3.05, 3.63) is 64.5 Å². The lowest BCUT2D eigenvalue weighted by Gasteiger charge is -2.08. The highest BCUT2D eigenvalue weighted by molar-refractivity contribution is 6.04. The van der Waals surface area contributed by atoms with Gasteiger partial charge in [-0.05, 0) is 55.0 Å². The summed E-state index contributed by atoms with van der Waals surface area (Å²) in [6, 6.07) is 13.4. The molecule has 0 bridgehead atoms. The van der Waals surface area contributed by atoms with Crippen LogP contribution in [0.4, 0.5) is 5.69 Å². The standard InChI is InChI=1S/C21H21NO5/c1-3-4-11-26-16-7-5-14(6-8-16)20(23)22-18-13-15-12-17(25-2)9-10-19(15)27-21(18)24/h5-10,12-13H,3-4,11H2,1-2H3,(H,22,23). The third-order valence-electron chi connectivity index (χ3n) is 4.07. The second-order valence-corrected chi connectivity index (χ2v) is 6.03. The van der Waals surface area contributed by atoms with E-state index in [1.807, 2.05) is 0 Å². The Morgan fingerprint density at radius 1 is 1.07 bits per heavy atom. The average molecular weight is 367 g/mol. The van der Waals surface area contributed by atoms with E-state index in [1.54, 1.807) is 55.6 Å². The number of rotatable bonds is 7. The van der Waals surface area contributed by atoms with Gasteiger partial charge in [0.1, 0.15) is 22.8 Å². The minimum Gasteiger partial charge on any atom is -0.497 e. The quantitative estimate of drug-likeness (QED) is 0.499. The fourth-order valence-electron chi connectivity index (χ4n) is 2.55. The molecule has 0 atom stereocenters. The predicted molar refractivity (Wildman–Crippen MR) is 104 cm³/mol. The van der Waals surface area contributed by atoms with Gasteiger partial charge in [-0.3, -0.25) is 4.79 Å². The van der Waals surface area contributed by atoms with E-state index in [-0.39, 0.29) is 5.69 Å². The molecule has 6 heteroatoms. The first-order valence-electron chi connectivity index (χ1n) is 8.77. The minimum atomic E-state index is -0.611. The smallest absolute Gasteiger partial charge is 0.360 e. The van der Waals surface area contributed by atoms with E-state index in [4.69, 9.17) is 13.9 Å². The van der Waals surface area contributed by atoms with Gasteiger partial charge in [-0.1, -0.05) is 13.3 Å². The lowest BCUT2D eigenvalue weighted by molar-refractivity contribution is 0.102. The summed E-state index contributed by atoms with van der Waals surface area (Å²) in [5, 5.41) is 3.26. The first-order valence-corrected chi connectivity index (χ1v) is 8.77. The first-order chi connectivity index (χ1) is 13.1. The van der Waals surface area contributed by atoms with Crippen molar-refractivity contribution in [2.75, 3.05) is 19.0 Å². The minimum absolute atomic E-state index is 0.0732. The third kappa shape index (κ3) is 4.47. The molecule has 0 aliphatic rings. The molecule has 1 amide bonds. The fraction of sp³-hybridized carbons (Fsp3) is 0.238. The van der Waals surface area contributed by atoms with Gasteiger partial charge >= 0.3 is 5.63 Å². The predicted octanol–water partition coefficient (Wildman–Crippen LogP) is 4.23. The Balaban J connectivity index is 1.77. The number of anilines is 1. The number of fused-ring (bicyclic) bond motifs is 1. The normalized spacial score (nSPS) is 10.6. The summed E-state index contributed by atoms with van der Waals surface area (Å²) in [4.78, 5) is 24.6. The molecule has 1 heterocycles. The molecule has 3 rings (SSSR count). The van der Waals surface area contributed by atoms with E-state index in [1.165, 1.54) is 0 Å². The van der Waals surface area contributed by atoms with Crippen LogP contribution in [-0.4, -0.2) is 19.6 Å². The molecule has 27 heavy (non-hydrogen) atoms. The largest absolute Gasteiger partial charge is 0.497 e. The molecule has 0 aliphatic heterocycles. The highest BCUT2D eigenvalue weighted by Gasteiger charge is 2.12. The molecule has 0 aliphatic carbocycles. The molecule has 3 aromatic rings. The SMILES string of the molecule is CCCCOc1ccc(C(=O)Nc2cc3cc(OC)ccc3oc2=O)cc1. The topological polar surface area (TPSA) is 77.8 Å². The van der Waals surface area contributed by atoms with E-state index >= 15 is 0 Å². The van der Waals surface area contributed by atoms with Crippen LogP contribution in [0.3, 0.4) is 0 Å². The summed E-state index contributed by atoms with van der Waals surface area (Å²) >= 11 is 0. The van der Waals surface area contributed by atoms with Gasteiger partial charge in [-0.15, -0.1) is 0 Å². The number of hydrogen-bond acceptors (Lipinski definition) is 5. The van der Waals surface area contributed by atoms with Crippen molar-refractivity contribution in [3.63, 3.8) is 0 Å². The number of ether oxygens (including phenoxy) is 2. The highest BCUT2D eigenvalue weighted by atomic mass is 16.5. The molecular weight excluding hydrogens is 346 g/mol. The molecule has 0 spiro atoms. The Hall–Kier alpha value is -3.28. The van der Waals surface area contributed by atoms with Crippen LogP contribution in [0.5, 0.6) is 11.5 Å². The fourth-order valence-corrected chi connectivity index (χ4v) is 2.55. The van der Waals surface area contributed by atoms with E-state index in [2.05, 4.69) is 12.2 Å². The highest BCUT2D eigenvalue weighted by Crippen LogP contribution is 2.22. The molecule has 2 aromatic carbocycles. The summed E-state index contributed by atoms with van der Waals surface area (Å²) in [6.07, 6.45) is 2.03. The van der Waals surface area contributed by atoms with E-state index in [0.29, 0.717) is 34.6 Å². The Bertz CT molecular complexity index is 992. The number of nitrogens with one attached hydrogen (secondary N) is 1. The van der Waals surface area contributed by atoms with Gasteiger partial charge in [0.2, 0.25) is 0 Å². The van der Waals surface area contributed by atoms with E-state index in [9.17, 15) is 9.59 Å². The maximum Gasteiger partial charge on any atom is 0.360 e. The van der Waals surface area contributed by atoms with E-state index in [0.717, 1.165) is 12.8 Å². The van der Waals surface area contributed by atoms with Crippen molar-refractivity contribution in [1.82, 2.24) is 0 Å². The van der Waals surface area contributed by atoms with Gasteiger partial charge in [0.25, 0.3) is 5.91 Å². The average Bonchev–Trinajstić information content (AvgIpc) is 2.69. The molecule has 0 radical (unpaired) electrons. The second-order valence-electron chi connectivity index (χ2n) is 6.03. The Morgan fingerprint density at radius 2 is 1.81 bits per heavy atom. The van der Waals surface area contributed by atoms with Crippen molar-refractivity contribution in [1.29, 1.82) is 0 Å². The molecule has 0 unspecified atom stereocenters. The summed E-state index contributed by atoms with van der Waals surface area (Å²) in [5.41, 5.74) is 0.305. The van der Waals surface area contributed by atoms with Gasteiger partial charge in [-0.2, -0.15) is 0 Å². The zero-order chi connectivity index (χ0) is 19.2. The molecule has 0 fully saturated rings. The summed E-state index contributed by atoms with van der Waals surface area (Å²) in [7, 11) is 1.55. The van der Waals surface area contributed by atoms with Crippen molar-refractivity contribution in [2.24, 2.45) is 0 Å². The number of amides is 1. The first kappa shape index (κ1) is 18.5. The number of methoxy groups -OCH3 is 1. The van der Waals surface area contributed by atoms with Crippen molar-refractivity contribution in [2.45, 2.75) is 19.8 Å². The Kier molecular flexibility index (Phi) is 5.76. The zero-order valence-electron chi connectivity index (χ0n) is 15.3. The van der Waals surface area contributed by atoms with Crippen LogP contribution in [0, 0.1) is 0 Å². The maximum atomic E-state index is 12.4. The number of carbonyl (C=O) groups is 1. The number of hydrogen-bond donors (Lipinski definition) is 1. The van der Waals surface area contributed by atoms with Gasteiger partial charge in [0.05, 0.1) is 13.7 Å². The van der Waals surface area contributed by atoms with Gasteiger partial charge in [0, 0.05) is 10.9 Å². The molecule has 1 aromatic heterocycles. The van der Waals surface area contributed by atoms with E-state index < -0.39 is 11.5 Å². The van der Waals surface area contributed by atoms with Gasteiger partial charge in [-0.25, -0.2) is 4.79 Å². The van der Waals surface area contributed by atoms with Crippen LogP contribution in [0.1, 0.15) is 30.1 Å². The van der Waals surface area contributed by atoms with Gasteiger partial charge < -0.3 is 19.2 Å². The van der Waals surface area contributed by atoms with Crippen LogP contribution in [0.2, 0.25) is 0 Å². The van der Waals surface area contributed by atoms with Crippen LogP contribution in [0.25, 0.3) is 11.0 Å². The van der Waals surface area contributed by atoms with Crippen LogP contribution in [-0.2, 0) is 0 Å². The maximum absolute atomic E-state index is 12.4. The second kappa shape index (κ2) is 8.40. The molecule has 0 saturated carbocycles. The number of carbonyl (C=O) groups excluding carboxylic acids is 1. The molecular formula is C21H21NO5. The van der Waals surface area contributed by atoms with Crippen LogP contribution in [0.15, 0.2) is 57.7 Å². The summed E-state index contributed by atoms with van der Waals surface area (Å²) < 4.78 is 16.0. The summed E-state index contributed by atoms with van der Waals surface area (Å²) in [5.74, 6) is 0.939. The summed E-state index contributed by atoms with van der Waals surface area (Å²) in [6.45, 7) is 2.74. The van der Waals surface area contributed by atoms with Crippen molar-refractivity contribution >= 4 is 22.6 Å². The third-order valence-corrected chi connectivity index (χ3v) is 4.07.